The maximum Gasteiger partial charge on any atom is 0.290 e. The van der Waals surface area contributed by atoms with Crippen LogP contribution in [-0.2, 0) is 9.68 Å². The SMILES string of the molecule is CCCCCCOO.O=CO.c1ccoc1. The van der Waals surface area contributed by atoms with Crippen molar-refractivity contribution in [1.82, 2.24) is 0 Å². The van der Waals surface area contributed by atoms with Crippen molar-refractivity contribution in [3.63, 3.8) is 0 Å². The molecule has 1 rings (SSSR count). The summed E-state index contributed by atoms with van der Waals surface area (Å²) in [5.41, 5.74) is 0. The van der Waals surface area contributed by atoms with Crippen LogP contribution in [0.15, 0.2) is 29.1 Å². The quantitative estimate of drug-likeness (QED) is 0.353. The number of furan rings is 1. The number of hydrogen-bond donors (Lipinski definition) is 2. The van der Waals surface area contributed by atoms with Crippen LogP contribution in [0, 0.1) is 0 Å². The van der Waals surface area contributed by atoms with Gasteiger partial charge in [-0.2, -0.15) is 0 Å². The maximum atomic E-state index is 8.36. The van der Waals surface area contributed by atoms with Gasteiger partial charge in [-0.1, -0.05) is 26.2 Å². The first-order chi connectivity index (χ1) is 7.83. The molecule has 16 heavy (non-hydrogen) atoms. The lowest BCUT2D eigenvalue weighted by Crippen LogP contribution is -1.87. The van der Waals surface area contributed by atoms with Crippen LogP contribution in [0.1, 0.15) is 32.6 Å². The monoisotopic (exact) mass is 232 g/mol. The fourth-order valence-corrected chi connectivity index (χ4v) is 0.820. The Morgan fingerprint density at radius 3 is 2.12 bits per heavy atom. The Bertz CT molecular complexity index is 163. The second kappa shape index (κ2) is 19.3. The molecule has 94 valence electrons. The summed E-state index contributed by atoms with van der Waals surface area (Å²) in [6, 6.07) is 3.67. The van der Waals surface area contributed by atoms with Crippen molar-refractivity contribution in [3.8, 4) is 0 Å². The minimum Gasteiger partial charge on any atom is -0.483 e. The number of hydrogen-bond acceptors (Lipinski definition) is 4. The third-order valence-electron chi connectivity index (χ3n) is 1.51. The Hall–Kier alpha value is -1.33. The molecule has 0 fully saturated rings. The maximum absolute atomic E-state index is 8.36. The standard InChI is InChI=1S/C6H14O2.C4H4O.CH2O2/c1-2-3-4-5-6-8-7;1-2-4-5-3-1;2-1-3/h7H,2-6H2,1H3;1-4H;1H,(H,2,3). The first kappa shape index (κ1) is 17.1. The molecule has 0 aromatic carbocycles. The van der Waals surface area contributed by atoms with Crippen LogP contribution in [0.25, 0.3) is 0 Å². The van der Waals surface area contributed by atoms with Gasteiger partial charge in [-0.05, 0) is 18.6 Å². The molecule has 0 unspecified atom stereocenters. The average Bonchev–Trinajstić information content (AvgIpc) is 2.84. The molecule has 1 aromatic rings. The van der Waals surface area contributed by atoms with E-state index < -0.39 is 0 Å². The Kier molecular flexibility index (Phi) is 20.6. The Morgan fingerprint density at radius 1 is 1.25 bits per heavy atom. The van der Waals surface area contributed by atoms with Crippen molar-refractivity contribution in [1.29, 1.82) is 0 Å². The molecule has 0 spiro atoms. The molecule has 1 aromatic heterocycles. The molecule has 5 heteroatoms. The van der Waals surface area contributed by atoms with E-state index in [4.69, 9.17) is 15.2 Å². The first-order valence-electron chi connectivity index (χ1n) is 5.14. The zero-order valence-corrected chi connectivity index (χ0v) is 9.54. The van der Waals surface area contributed by atoms with E-state index >= 15 is 0 Å². The first-order valence-corrected chi connectivity index (χ1v) is 5.14. The molecule has 2 N–H and O–H groups in total. The predicted molar refractivity (Wildman–Crippen MR) is 60.1 cm³/mol. The van der Waals surface area contributed by atoms with Crippen LogP contribution in [-0.4, -0.2) is 23.4 Å². The Morgan fingerprint density at radius 2 is 1.81 bits per heavy atom. The summed E-state index contributed by atoms with van der Waals surface area (Å²) >= 11 is 0. The number of unbranched alkanes of at least 4 members (excludes halogenated alkanes) is 3. The molecule has 1 heterocycles. The molecule has 0 radical (unpaired) electrons. The van der Waals surface area contributed by atoms with E-state index in [0.717, 1.165) is 12.8 Å². The van der Waals surface area contributed by atoms with E-state index in [1.165, 1.54) is 12.8 Å². The van der Waals surface area contributed by atoms with Crippen molar-refractivity contribution >= 4 is 6.47 Å². The Labute approximate surface area is 95.6 Å². The Balaban J connectivity index is 0. The van der Waals surface area contributed by atoms with Crippen LogP contribution in [0.3, 0.4) is 0 Å². The highest BCUT2D eigenvalue weighted by molar-refractivity contribution is 5.32. The molecule has 0 aliphatic heterocycles. The number of carboxylic acid groups (broad SMARTS) is 1. The third-order valence-corrected chi connectivity index (χ3v) is 1.51. The van der Waals surface area contributed by atoms with Crippen molar-refractivity contribution in [2.75, 3.05) is 6.61 Å². The molecule has 0 amide bonds. The van der Waals surface area contributed by atoms with E-state index in [1.54, 1.807) is 12.5 Å². The van der Waals surface area contributed by atoms with Crippen LogP contribution in [0.4, 0.5) is 0 Å². The fourth-order valence-electron chi connectivity index (χ4n) is 0.820. The largest absolute Gasteiger partial charge is 0.483 e. The summed E-state index contributed by atoms with van der Waals surface area (Å²) < 4.78 is 4.58. The lowest BCUT2D eigenvalue weighted by Gasteiger charge is -1.93. The minimum atomic E-state index is -0.250. The summed E-state index contributed by atoms with van der Waals surface area (Å²) in [5, 5.41) is 14.8. The van der Waals surface area contributed by atoms with Gasteiger partial charge < -0.3 is 9.52 Å². The summed E-state index contributed by atoms with van der Waals surface area (Å²) in [7, 11) is 0. The van der Waals surface area contributed by atoms with Crippen LogP contribution >= 0.6 is 0 Å². The summed E-state index contributed by atoms with van der Waals surface area (Å²) in [4.78, 5) is 12.2. The number of rotatable bonds is 5. The summed E-state index contributed by atoms with van der Waals surface area (Å²) in [6.45, 7) is 2.39. The van der Waals surface area contributed by atoms with Crippen molar-refractivity contribution in [2.24, 2.45) is 0 Å². The summed E-state index contributed by atoms with van der Waals surface area (Å²) in [5.74, 6) is 0. The molecule has 0 atom stereocenters. The van der Waals surface area contributed by atoms with E-state index in [9.17, 15) is 0 Å². The predicted octanol–water partition coefficient (Wildman–Crippen LogP) is 3.04. The highest BCUT2D eigenvalue weighted by Crippen LogP contribution is 1.97. The minimum absolute atomic E-state index is 0.250. The van der Waals surface area contributed by atoms with E-state index in [2.05, 4.69) is 16.2 Å². The van der Waals surface area contributed by atoms with Crippen molar-refractivity contribution in [2.45, 2.75) is 32.6 Å². The van der Waals surface area contributed by atoms with Gasteiger partial charge in [-0.15, -0.1) is 0 Å². The molecule has 0 bridgehead atoms. The van der Waals surface area contributed by atoms with Crippen LogP contribution in [0.2, 0.25) is 0 Å². The van der Waals surface area contributed by atoms with Gasteiger partial charge in [-0.3, -0.25) is 10.1 Å². The summed E-state index contributed by atoms with van der Waals surface area (Å²) in [6.07, 6.45) is 7.86. The highest BCUT2D eigenvalue weighted by Gasteiger charge is 1.84. The second-order valence-electron chi connectivity index (χ2n) is 2.79. The number of carbonyl (C=O) groups is 1. The average molecular weight is 232 g/mol. The van der Waals surface area contributed by atoms with Gasteiger partial charge in [0.15, 0.2) is 0 Å². The molecule has 0 aliphatic rings. The molecular weight excluding hydrogens is 212 g/mol. The molecule has 0 saturated carbocycles. The zero-order chi connectivity index (χ0) is 12.5. The van der Waals surface area contributed by atoms with E-state index in [-0.39, 0.29) is 6.47 Å². The van der Waals surface area contributed by atoms with E-state index in [0.29, 0.717) is 6.61 Å². The highest BCUT2D eigenvalue weighted by atomic mass is 17.1. The molecular formula is C11H20O5. The van der Waals surface area contributed by atoms with Gasteiger partial charge in [-0.25, -0.2) is 4.89 Å². The van der Waals surface area contributed by atoms with Gasteiger partial charge >= 0.3 is 0 Å². The topological polar surface area (TPSA) is 79.9 Å². The van der Waals surface area contributed by atoms with Crippen molar-refractivity contribution in [3.05, 3.63) is 24.7 Å². The van der Waals surface area contributed by atoms with Gasteiger partial charge in [0.25, 0.3) is 6.47 Å². The fraction of sp³-hybridized carbons (Fsp3) is 0.545. The van der Waals surface area contributed by atoms with Gasteiger partial charge in [0.2, 0.25) is 0 Å². The lowest BCUT2D eigenvalue weighted by molar-refractivity contribution is -0.242. The van der Waals surface area contributed by atoms with E-state index in [1.807, 2.05) is 12.1 Å². The molecule has 0 saturated heterocycles. The van der Waals surface area contributed by atoms with Crippen LogP contribution < -0.4 is 0 Å². The van der Waals surface area contributed by atoms with Crippen LogP contribution in [0.5, 0.6) is 0 Å². The third kappa shape index (κ3) is 23.0. The second-order valence-corrected chi connectivity index (χ2v) is 2.79. The smallest absolute Gasteiger partial charge is 0.290 e. The molecule has 0 aliphatic carbocycles. The van der Waals surface area contributed by atoms with Gasteiger partial charge in [0.05, 0.1) is 19.1 Å². The molecule has 5 nitrogen and oxygen atoms in total. The lowest BCUT2D eigenvalue weighted by atomic mass is 10.2. The normalized spacial score (nSPS) is 8.12. The van der Waals surface area contributed by atoms with Gasteiger partial charge in [0.1, 0.15) is 0 Å². The zero-order valence-electron chi connectivity index (χ0n) is 9.54. The van der Waals surface area contributed by atoms with Crippen molar-refractivity contribution < 1.29 is 24.5 Å². The van der Waals surface area contributed by atoms with Gasteiger partial charge in [0, 0.05) is 0 Å².